The zero-order valence-electron chi connectivity index (χ0n) is 14.1. The standard InChI is InChI=1S/C19H20ClNO4S/c20-17-3-5-18(6-4-17)26(24,25)21-8-7-14-9-15-2-1-13(12-19(22)23)10-16(15)11-14/h1-6,10,14,21H,7-9,11-12H2,(H,22,23). The van der Waals surface area contributed by atoms with Crippen molar-refractivity contribution in [3.8, 4) is 0 Å². The van der Waals surface area contributed by atoms with Crippen LogP contribution in [0.3, 0.4) is 0 Å². The number of carboxylic acid groups (broad SMARTS) is 1. The molecule has 0 saturated heterocycles. The van der Waals surface area contributed by atoms with E-state index in [9.17, 15) is 13.2 Å². The second kappa shape index (κ2) is 7.78. The quantitative estimate of drug-likeness (QED) is 0.757. The van der Waals surface area contributed by atoms with E-state index in [-0.39, 0.29) is 11.3 Å². The molecule has 1 aliphatic rings. The molecule has 1 aliphatic carbocycles. The lowest BCUT2D eigenvalue weighted by Crippen LogP contribution is -2.26. The van der Waals surface area contributed by atoms with Crippen LogP contribution in [0.1, 0.15) is 23.1 Å². The molecule has 2 N–H and O–H groups in total. The Hall–Kier alpha value is -1.89. The van der Waals surface area contributed by atoms with E-state index in [1.54, 1.807) is 12.1 Å². The largest absolute Gasteiger partial charge is 0.481 e. The van der Waals surface area contributed by atoms with Gasteiger partial charge in [-0.2, -0.15) is 0 Å². The number of hydrogen-bond donors (Lipinski definition) is 2. The summed E-state index contributed by atoms with van der Waals surface area (Å²) in [6, 6.07) is 11.9. The van der Waals surface area contributed by atoms with E-state index < -0.39 is 16.0 Å². The van der Waals surface area contributed by atoms with Gasteiger partial charge in [-0.25, -0.2) is 13.1 Å². The Morgan fingerprint density at radius 1 is 1.12 bits per heavy atom. The minimum Gasteiger partial charge on any atom is -0.481 e. The van der Waals surface area contributed by atoms with E-state index in [2.05, 4.69) is 4.72 Å². The molecule has 0 saturated carbocycles. The maximum atomic E-state index is 12.3. The topological polar surface area (TPSA) is 83.5 Å². The molecule has 2 aromatic rings. The number of nitrogens with one attached hydrogen (secondary N) is 1. The molecule has 5 nitrogen and oxygen atoms in total. The van der Waals surface area contributed by atoms with Gasteiger partial charge in [-0.1, -0.05) is 29.8 Å². The number of rotatable bonds is 7. The fourth-order valence-electron chi connectivity index (χ4n) is 3.35. The van der Waals surface area contributed by atoms with Gasteiger partial charge in [0, 0.05) is 11.6 Å². The number of halogens is 1. The van der Waals surface area contributed by atoms with Crippen LogP contribution in [0, 0.1) is 5.92 Å². The third-order valence-electron chi connectivity index (χ3n) is 4.61. The summed E-state index contributed by atoms with van der Waals surface area (Å²) in [7, 11) is -3.53. The lowest BCUT2D eigenvalue weighted by atomic mass is 10.0. The van der Waals surface area contributed by atoms with Gasteiger partial charge in [0.15, 0.2) is 0 Å². The Morgan fingerprint density at radius 3 is 2.50 bits per heavy atom. The Kier molecular flexibility index (Phi) is 5.65. The van der Waals surface area contributed by atoms with Gasteiger partial charge in [-0.3, -0.25) is 4.79 Å². The van der Waals surface area contributed by atoms with Crippen LogP contribution in [0.5, 0.6) is 0 Å². The summed E-state index contributed by atoms with van der Waals surface area (Å²) in [4.78, 5) is 11.0. The highest BCUT2D eigenvalue weighted by molar-refractivity contribution is 7.89. The molecular weight excluding hydrogens is 374 g/mol. The highest BCUT2D eigenvalue weighted by Crippen LogP contribution is 2.29. The molecule has 0 aromatic heterocycles. The molecule has 1 unspecified atom stereocenters. The smallest absolute Gasteiger partial charge is 0.307 e. The molecular formula is C19H20ClNO4S. The van der Waals surface area contributed by atoms with Crippen molar-refractivity contribution in [1.82, 2.24) is 4.72 Å². The van der Waals surface area contributed by atoms with Crippen molar-refractivity contribution in [2.75, 3.05) is 6.54 Å². The summed E-state index contributed by atoms with van der Waals surface area (Å²) in [6.45, 7) is 0.367. The predicted octanol–water partition coefficient (Wildman–Crippen LogP) is 3.05. The predicted molar refractivity (Wildman–Crippen MR) is 99.9 cm³/mol. The van der Waals surface area contributed by atoms with Crippen LogP contribution in [0.2, 0.25) is 5.02 Å². The summed E-state index contributed by atoms with van der Waals surface area (Å²) in [5.74, 6) is -0.478. The van der Waals surface area contributed by atoms with Crippen molar-refractivity contribution >= 4 is 27.6 Å². The molecule has 1 atom stereocenters. The highest BCUT2D eigenvalue weighted by atomic mass is 35.5. The second-order valence-corrected chi connectivity index (χ2v) is 8.79. The van der Waals surface area contributed by atoms with Gasteiger partial charge < -0.3 is 5.11 Å². The van der Waals surface area contributed by atoms with Crippen molar-refractivity contribution in [2.45, 2.75) is 30.6 Å². The molecule has 0 spiro atoms. The molecule has 7 heteroatoms. The van der Waals surface area contributed by atoms with Crippen LogP contribution >= 0.6 is 11.6 Å². The van der Waals surface area contributed by atoms with E-state index in [1.807, 2.05) is 18.2 Å². The van der Waals surface area contributed by atoms with Crippen LogP contribution in [0.15, 0.2) is 47.4 Å². The van der Waals surface area contributed by atoms with Gasteiger partial charge in [0.1, 0.15) is 0 Å². The minimum absolute atomic E-state index is 0.0266. The molecule has 2 aromatic carbocycles. The van der Waals surface area contributed by atoms with Gasteiger partial charge in [0.2, 0.25) is 10.0 Å². The Balaban J connectivity index is 1.54. The van der Waals surface area contributed by atoms with E-state index in [4.69, 9.17) is 16.7 Å². The van der Waals surface area contributed by atoms with Gasteiger partial charge in [-0.15, -0.1) is 0 Å². The van der Waals surface area contributed by atoms with Crippen molar-refractivity contribution in [3.63, 3.8) is 0 Å². The van der Waals surface area contributed by atoms with Crippen molar-refractivity contribution < 1.29 is 18.3 Å². The minimum atomic E-state index is -3.53. The third-order valence-corrected chi connectivity index (χ3v) is 6.34. The second-order valence-electron chi connectivity index (χ2n) is 6.59. The lowest BCUT2D eigenvalue weighted by Gasteiger charge is -2.10. The number of fused-ring (bicyclic) bond motifs is 1. The fourth-order valence-corrected chi connectivity index (χ4v) is 4.52. The Morgan fingerprint density at radius 2 is 1.81 bits per heavy atom. The van der Waals surface area contributed by atoms with Crippen molar-refractivity contribution in [3.05, 3.63) is 64.2 Å². The third kappa shape index (κ3) is 4.63. The number of carbonyl (C=O) groups is 1. The summed E-state index contributed by atoms with van der Waals surface area (Å²) in [5.41, 5.74) is 3.21. The maximum Gasteiger partial charge on any atom is 0.307 e. The van der Waals surface area contributed by atoms with E-state index >= 15 is 0 Å². The first-order chi connectivity index (χ1) is 12.3. The van der Waals surface area contributed by atoms with Crippen molar-refractivity contribution in [2.24, 2.45) is 5.92 Å². The average Bonchev–Trinajstić information content (AvgIpc) is 2.96. The molecule has 0 bridgehead atoms. The van der Waals surface area contributed by atoms with Gasteiger partial charge >= 0.3 is 5.97 Å². The number of hydrogen-bond acceptors (Lipinski definition) is 3. The summed E-state index contributed by atoms with van der Waals surface area (Å²) in [6.07, 6.45) is 2.51. The number of aliphatic carboxylic acids is 1. The van der Waals surface area contributed by atoms with Crippen LogP contribution in [0.25, 0.3) is 0 Å². The maximum absolute atomic E-state index is 12.3. The molecule has 3 rings (SSSR count). The normalized spacial score (nSPS) is 16.4. The molecule has 0 radical (unpaired) electrons. The van der Waals surface area contributed by atoms with Gasteiger partial charge in [0.05, 0.1) is 11.3 Å². The fraction of sp³-hybridized carbons (Fsp3) is 0.316. The van der Waals surface area contributed by atoms with Crippen molar-refractivity contribution in [1.29, 1.82) is 0 Å². The van der Waals surface area contributed by atoms with Crippen LogP contribution in [-0.2, 0) is 34.1 Å². The molecule has 0 fully saturated rings. The van der Waals surface area contributed by atoms with Crippen LogP contribution in [-0.4, -0.2) is 26.0 Å². The number of sulfonamides is 1. The summed E-state index contributed by atoms with van der Waals surface area (Å²) in [5, 5.41) is 9.39. The average molecular weight is 394 g/mol. The summed E-state index contributed by atoms with van der Waals surface area (Å²) < 4.78 is 27.2. The van der Waals surface area contributed by atoms with Crippen LogP contribution in [0.4, 0.5) is 0 Å². The molecule has 0 heterocycles. The zero-order chi connectivity index (χ0) is 18.7. The monoisotopic (exact) mass is 393 g/mol. The van der Waals surface area contributed by atoms with E-state index in [1.165, 1.54) is 23.3 Å². The molecule has 0 aliphatic heterocycles. The Bertz CT molecular complexity index is 910. The first-order valence-electron chi connectivity index (χ1n) is 8.41. The molecule has 138 valence electrons. The number of benzene rings is 2. The molecule has 26 heavy (non-hydrogen) atoms. The lowest BCUT2D eigenvalue weighted by molar-refractivity contribution is -0.136. The first-order valence-corrected chi connectivity index (χ1v) is 10.3. The van der Waals surface area contributed by atoms with Gasteiger partial charge in [-0.05, 0) is 66.1 Å². The Labute approximate surface area is 158 Å². The summed E-state index contributed by atoms with van der Waals surface area (Å²) >= 11 is 5.79. The highest BCUT2D eigenvalue weighted by Gasteiger charge is 2.22. The zero-order valence-corrected chi connectivity index (χ0v) is 15.7. The van der Waals surface area contributed by atoms with E-state index in [0.29, 0.717) is 17.5 Å². The van der Waals surface area contributed by atoms with Gasteiger partial charge in [0.25, 0.3) is 0 Å². The van der Waals surface area contributed by atoms with Crippen LogP contribution < -0.4 is 4.72 Å². The first kappa shape index (κ1) is 18.9. The van der Waals surface area contributed by atoms with E-state index in [0.717, 1.165) is 24.8 Å². The SMILES string of the molecule is O=C(O)Cc1ccc2c(c1)CC(CCNS(=O)(=O)c1ccc(Cl)cc1)C2. The molecule has 0 amide bonds. The number of carboxylic acids is 1.